The zero-order valence-corrected chi connectivity index (χ0v) is 19.1. The highest BCUT2D eigenvalue weighted by atomic mass is 32.1. The molecule has 1 amide bonds. The average molecular weight is 468 g/mol. The van der Waals surface area contributed by atoms with Crippen LogP contribution in [0.5, 0.6) is 5.75 Å². The first-order valence-corrected chi connectivity index (χ1v) is 11.9. The first kappa shape index (κ1) is 20.8. The number of aromatic nitrogens is 3. The molecule has 0 radical (unpaired) electrons. The number of piperazine rings is 1. The Labute approximate surface area is 192 Å². The third-order valence-corrected chi connectivity index (χ3v) is 7.21. The predicted octanol–water partition coefficient (Wildman–Crippen LogP) is 2.85. The van der Waals surface area contributed by atoms with E-state index in [1.54, 1.807) is 13.2 Å². The molecule has 164 valence electrons. The molecule has 10 heteroatoms. The second-order valence-electron chi connectivity index (χ2n) is 7.43. The van der Waals surface area contributed by atoms with Gasteiger partial charge >= 0.3 is 0 Å². The van der Waals surface area contributed by atoms with Crippen molar-refractivity contribution in [2.24, 2.45) is 0 Å². The Bertz CT molecular complexity index is 1310. The van der Waals surface area contributed by atoms with Crippen LogP contribution in [0.3, 0.4) is 0 Å². The van der Waals surface area contributed by atoms with Crippen LogP contribution in [0.25, 0.3) is 15.5 Å². The van der Waals surface area contributed by atoms with Crippen molar-refractivity contribution in [1.29, 1.82) is 0 Å². The zero-order chi connectivity index (χ0) is 22.1. The Morgan fingerprint density at radius 1 is 1.12 bits per heavy atom. The van der Waals surface area contributed by atoms with Gasteiger partial charge < -0.3 is 9.64 Å². The second-order valence-corrected chi connectivity index (χ2v) is 9.34. The van der Waals surface area contributed by atoms with Crippen LogP contribution in [-0.4, -0.2) is 63.6 Å². The standard InChI is InChI=1S/C22H21N5O3S2/c1-30-17-6-3-2-5-16(17)20-24-27-19(28)13-15(23-22(27)32-20)14-25-8-10-26(11-9-25)21(29)18-7-4-12-31-18/h2-7,12-13H,8-11,14H2,1H3. The number of benzene rings is 1. The van der Waals surface area contributed by atoms with Crippen LogP contribution in [-0.2, 0) is 6.54 Å². The maximum atomic E-state index is 12.7. The van der Waals surface area contributed by atoms with Crippen LogP contribution in [0, 0.1) is 0 Å². The van der Waals surface area contributed by atoms with E-state index in [0.717, 1.165) is 23.5 Å². The molecule has 0 bridgehead atoms. The summed E-state index contributed by atoms with van der Waals surface area (Å²) in [6.45, 7) is 3.38. The topological polar surface area (TPSA) is 80.0 Å². The van der Waals surface area contributed by atoms with Crippen molar-refractivity contribution in [3.05, 3.63) is 68.8 Å². The maximum Gasteiger partial charge on any atom is 0.275 e. The minimum absolute atomic E-state index is 0.0889. The van der Waals surface area contributed by atoms with E-state index in [0.29, 0.717) is 41.0 Å². The summed E-state index contributed by atoms with van der Waals surface area (Å²) >= 11 is 2.83. The third-order valence-electron chi connectivity index (χ3n) is 5.41. The summed E-state index contributed by atoms with van der Waals surface area (Å²) in [6.07, 6.45) is 0. The summed E-state index contributed by atoms with van der Waals surface area (Å²) in [7, 11) is 1.61. The van der Waals surface area contributed by atoms with E-state index in [4.69, 9.17) is 4.74 Å². The summed E-state index contributed by atoms with van der Waals surface area (Å²) in [6, 6.07) is 12.9. The number of hydrogen-bond donors (Lipinski definition) is 0. The molecule has 1 aliphatic heterocycles. The molecule has 1 aromatic carbocycles. The van der Waals surface area contributed by atoms with Crippen LogP contribution >= 0.6 is 22.7 Å². The van der Waals surface area contributed by atoms with E-state index in [2.05, 4.69) is 15.0 Å². The van der Waals surface area contributed by atoms with Gasteiger partial charge in [0.15, 0.2) is 5.01 Å². The molecule has 8 nitrogen and oxygen atoms in total. The van der Waals surface area contributed by atoms with Crippen LogP contribution in [0.15, 0.2) is 52.6 Å². The smallest absolute Gasteiger partial charge is 0.275 e. The Morgan fingerprint density at radius 2 is 1.94 bits per heavy atom. The highest BCUT2D eigenvalue weighted by molar-refractivity contribution is 7.19. The van der Waals surface area contributed by atoms with Crippen LogP contribution in [0.2, 0.25) is 0 Å². The first-order valence-electron chi connectivity index (χ1n) is 10.2. The molecule has 1 saturated heterocycles. The monoisotopic (exact) mass is 467 g/mol. The summed E-state index contributed by atoms with van der Waals surface area (Å²) in [5.41, 5.74) is 1.34. The predicted molar refractivity (Wildman–Crippen MR) is 125 cm³/mol. The van der Waals surface area contributed by atoms with E-state index in [-0.39, 0.29) is 11.5 Å². The fraction of sp³-hybridized carbons (Fsp3) is 0.273. The van der Waals surface area contributed by atoms with Gasteiger partial charge in [-0.2, -0.15) is 9.61 Å². The number of para-hydroxylation sites is 1. The largest absolute Gasteiger partial charge is 0.496 e. The number of carbonyl (C=O) groups excluding carboxylic acids is 1. The zero-order valence-electron chi connectivity index (χ0n) is 17.4. The number of hydrogen-bond acceptors (Lipinski definition) is 8. The van der Waals surface area contributed by atoms with E-state index in [1.807, 2.05) is 46.7 Å². The number of carbonyl (C=O) groups is 1. The molecule has 5 rings (SSSR count). The van der Waals surface area contributed by atoms with Gasteiger partial charge in [-0.1, -0.05) is 29.5 Å². The van der Waals surface area contributed by atoms with Gasteiger partial charge in [-0.05, 0) is 23.6 Å². The van der Waals surface area contributed by atoms with Gasteiger partial charge in [0.25, 0.3) is 11.5 Å². The molecule has 3 aromatic heterocycles. The number of rotatable bonds is 5. The van der Waals surface area contributed by atoms with Crippen LogP contribution in [0.4, 0.5) is 0 Å². The highest BCUT2D eigenvalue weighted by Crippen LogP contribution is 2.32. The number of fused-ring (bicyclic) bond motifs is 1. The molecule has 0 spiro atoms. The van der Waals surface area contributed by atoms with Gasteiger partial charge in [0.05, 0.1) is 23.2 Å². The van der Waals surface area contributed by atoms with E-state index in [1.165, 1.54) is 27.2 Å². The fourth-order valence-corrected chi connectivity index (χ4v) is 5.41. The first-order chi connectivity index (χ1) is 15.6. The summed E-state index contributed by atoms with van der Waals surface area (Å²) < 4.78 is 6.77. The maximum absolute atomic E-state index is 12.7. The quantitative estimate of drug-likeness (QED) is 0.449. The van der Waals surface area contributed by atoms with Crippen molar-refractivity contribution in [3.8, 4) is 16.3 Å². The van der Waals surface area contributed by atoms with Crippen molar-refractivity contribution in [2.75, 3.05) is 33.3 Å². The number of methoxy groups -OCH3 is 1. The molecule has 0 saturated carbocycles. The lowest BCUT2D eigenvalue weighted by Crippen LogP contribution is -2.48. The Hall–Kier alpha value is -3.08. The number of ether oxygens (including phenoxy) is 1. The normalized spacial score (nSPS) is 14.7. The van der Waals surface area contributed by atoms with Gasteiger partial charge in [-0.3, -0.25) is 14.5 Å². The fourth-order valence-electron chi connectivity index (χ4n) is 3.76. The van der Waals surface area contributed by atoms with E-state index < -0.39 is 0 Å². The molecule has 4 heterocycles. The van der Waals surface area contributed by atoms with Crippen molar-refractivity contribution < 1.29 is 9.53 Å². The molecular formula is C22H21N5O3S2. The highest BCUT2D eigenvalue weighted by Gasteiger charge is 2.23. The Kier molecular flexibility index (Phi) is 5.73. The molecule has 4 aromatic rings. The van der Waals surface area contributed by atoms with E-state index in [9.17, 15) is 9.59 Å². The molecule has 0 N–H and O–H groups in total. The molecule has 1 fully saturated rings. The van der Waals surface area contributed by atoms with Gasteiger partial charge in [0.2, 0.25) is 4.96 Å². The van der Waals surface area contributed by atoms with Crippen molar-refractivity contribution >= 4 is 33.5 Å². The lowest BCUT2D eigenvalue weighted by atomic mass is 10.2. The SMILES string of the molecule is COc1ccccc1-c1nn2c(=O)cc(CN3CCN(C(=O)c4cccs4)CC3)nc2s1. The summed E-state index contributed by atoms with van der Waals surface area (Å²) in [5.74, 6) is 0.792. The minimum atomic E-state index is -0.200. The van der Waals surface area contributed by atoms with Crippen molar-refractivity contribution in [3.63, 3.8) is 0 Å². The summed E-state index contributed by atoms with van der Waals surface area (Å²) in [5, 5.41) is 7.06. The van der Waals surface area contributed by atoms with Crippen molar-refractivity contribution in [1.82, 2.24) is 24.4 Å². The lowest BCUT2D eigenvalue weighted by Gasteiger charge is -2.34. The number of thiophene rings is 1. The average Bonchev–Trinajstić information content (AvgIpc) is 3.50. The lowest BCUT2D eigenvalue weighted by molar-refractivity contribution is 0.0632. The molecular weight excluding hydrogens is 446 g/mol. The van der Waals surface area contributed by atoms with Gasteiger partial charge in [0, 0.05) is 38.8 Å². The van der Waals surface area contributed by atoms with Gasteiger partial charge in [-0.25, -0.2) is 4.98 Å². The number of nitrogens with zero attached hydrogens (tertiary/aromatic N) is 5. The van der Waals surface area contributed by atoms with Crippen molar-refractivity contribution in [2.45, 2.75) is 6.54 Å². The molecule has 1 aliphatic rings. The number of amides is 1. The van der Waals surface area contributed by atoms with Gasteiger partial charge in [-0.15, -0.1) is 11.3 Å². The third kappa shape index (κ3) is 4.04. The minimum Gasteiger partial charge on any atom is -0.496 e. The molecule has 0 unspecified atom stereocenters. The van der Waals surface area contributed by atoms with Gasteiger partial charge in [0.1, 0.15) is 5.75 Å². The van der Waals surface area contributed by atoms with Crippen LogP contribution < -0.4 is 10.3 Å². The second kappa shape index (κ2) is 8.81. The summed E-state index contributed by atoms with van der Waals surface area (Å²) in [4.78, 5) is 35.3. The molecule has 32 heavy (non-hydrogen) atoms. The molecule has 0 atom stereocenters. The Balaban J connectivity index is 1.31. The Morgan fingerprint density at radius 3 is 2.69 bits per heavy atom. The molecule has 0 aliphatic carbocycles. The van der Waals surface area contributed by atoms with E-state index >= 15 is 0 Å². The van der Waals surface area contributed by atoms with Crippen LogP contribution in [0.1, 0.15) is 15.4 Å².